The van der Waals surface area contributed by atoms with E-state index in [0.717, 1.165) is 11.1 Å². The molecule has 2 amide bonds. The number of hydrogen-bond donors (Lipinski definition) is 0. The van der Waals surface area contributed by atoms with Crippen molar-refractivity contribution >= 4 is 23.8 Å². The molecule has 2 aromatic carbocycles. The van der Waals surface area contributed by atoms with Gasteiger partial charge in [0.05, 0.1) is 0 Å². The van der Waals surface area contributed by atoms with E-state index in [4.69, 9.17) is 9.47 Å². The lowest BCUT2D eigenvalue weighted by molar-refractivity contribution is -0.178. The van der Waals surface area contributed by atoms with Gasteiger partial charge in [-0.15, -0.1) is 0 Å². The summed E-state index contributed by atoms with van der Waals surface area (Å²) in [6, 6.07) is 16.5. The third-order valence-electron chi connectivity index (χ3n) is 6.87. The van der Waals surface area contributed by atoms with Crippen LogP contribution in [0.25, 0.3) is 0 Å². The maximum atomic E-state index is 13.7. The molecule has 1 heterocycles. The standard InChI is InChI=1S/C30H38N2O6/c1-19(2)25-29(35)37-24(18-22-15-11-8-12-16-22)28(34)32(6)26(20(3)4)30(36)38-23(27(33)31(25)5)17-21-13-9-7-10-14-21/h7-16,19-20,23-26H,17-18H2,1-6H3/t23-,24-,25-,26-/m1/s1. The molecule has 0 spiro atoms. The lowest BCUT2D eigenvalue weighted by atomic mass is 9.98. The van der Waals surface area contributed by atoms with Crippen molar-refractivity contribution in [3.05, 3.63) is 71.8 Å². The monoisotopic (exact) mass is 522 g/mol. The Labute approximate surface area is 224 Å². The Kier molecular flexibility index (Phi) is 9.66. The van der Waals surface area contributed by atoms with Gasteiger partial charge in [-0.1, -0.05) is 88.4 Å². The minimum absolute atomic E-state index is 0.134. The van der Waals surface area contributed by atoms with Crippen LogP contribution >= 0.6 is 0 Å². The first-order valence-corrected chi connectivity index (χ1v) is 13.0. The van der Waals surface area contributed by atoms with Gasteiger partial charge in [-0.2, -0.15) is 0 Å². The van der Waals surface area contributed by atoms with Gasteiger partial charge in [0, 0.05) is 26.9 Å². The molecule has 0 aliphatic carbocycles. The van der Waals surface area contributed by atoms with Gasteiger partial charge in [-0.3, -0.25) is 9.59 Å². The van der Waals surface area contributed by atoms with Gasteiger partial charge in [0.15, 0.2) is 12.2 Å². The molecule has 1 fully saturated rings. The lowest BCUT2D eigenvalue weighted by Gasteiger charge is -2.37. The number of benzene rings is 2. The van der Waals surface area contributed by atoms with Crippen LogP contribution in [-0.2, 0) is 41.5 Å². The molecule has 4 atom stereocenters. The second-order valence-corrected chi connectivity index (χ2v) is 10.5. The Morgan fingerprint density at radius 3 is 1.21 bits per heavy atom. The summed E-state index contributed by atoms with van der Waals surface area (Å²) in [5.74, 6) is -3.00. The Bertz CT molecular complexity index is 1030. The predicted octanol–water partition coefficient (Wildman–Crippen LogP) is 3.28. The van der Waals surface area contributed by atoms with Crippen LogP contribution in [0.1, 0.15) is 38.8 Å². The highest BCUT2D eigenvalue weighted by Crippen LogP contribution is 2.22. The number of amides is 2. The van der Waals surface area contributed by atoms with Crippen LogP contribution in [0.2, 0.25) is 0 Å². The Hall–Kier alpha value is -3.68. The zero-order chi connectivity index (χ0) is 28.0. The van der Waals surface area contributed by atoms with Crippen LogP contribution in [0.15, 0.2) is 60.7 Å². The summed E-state index contributed by atoms with van der Waals surface area (Å²) in [5, 5.41) is 0. The van der Waals surface area contributed by atoms with Gasteiger partial charge >= 0.3 is 11.9 Å². The van der Waals surface area contributed by atoms with Crippen molar-refractivity contribution < 1.29 is 28.7 Å². The minimum Gasteiger partial charge on any atom is -0.450 e. The number of esters is 2. The van der Waals surface area contributed by atoms with Crippen molar-refractivity contribution in [1.82, 2.24) is 9.80 Å². The highest BCUT2D eigenvalue weighted by Gasteiger charge is 2.43. The largest absolute Gasteiger partial charge is 0.450 e. The fourth-order valence-corrected chi connectivity index (χ4v) is 4.92. The molecule has 1 aliphatic rings. The molecule has 0 unspecified atom stereocenters. The number of carbonyl (C=O) groups is 4. The SMILES string of the molecule is CC(C)[C@@H]1C(=O)O[C@H](Cc2ccccc2)C(=O)N(C)[C@H](C(C)C)C(=O)O[C@H](Cc2ccccc2)C(=O)N1C. The van der Waals surface area contributed by atoms with Gasteiger partial charge in [-0.25, -0.2) is 9.59 Å². The summed E-state index contributed by atoms with van der Waals surface area (Å²) in [4.78, 5) is 57.1. The molecule has 2 aromatic rings. The van der Waals surface area contributed by atoms with Crippen molar-refractivity contribution in [1.29, 1.82) is 0 Å². The molecule has 0 saturated carbocycles. The van der Waals surface area contributed by atoms with Crippen LogP contribution in [0, 0.1) is 11.8 Å². The summed E-state index contributed by atoms with van der Waals surface area (Å²) in [7, 11) is 3.01. The first-order valence-electron chi connectivity index (χ1n) is 13.0. The molecular formula is C30H38N2O6. The van der Waals surface area contributed by atoms with Crippen LogP contribution < -0.4 is 0 Å². The molecule has 1 saturated heterocycles. The predicted molar refractivity (Wildman–Crippen MR) is 143 cm³/mol. The van der Waals surface area contributed by atoms with Gasteiger partial charge in [-0.05, 0) is 23.0 Å². The van der Waals surface area contributed by atoms with Crippen molar-refractivity contribution in [2.45, 2.75) is 64.8 Å². The Balaban J connectivity index is 2.06. The molecule has 204 valence electrons. The molecule has 38 heavy (non-hydrogen) atoms. The lowest BCUT2D eigenvalue weighted by Crippen LogP contribution is -2.57. The fourth-order valence-electron chi connectivity index (χ4n) is 4.92. The molecule has 8 heteroatoms. The Morgan fingerprint density at radius 1 is 0.605 bits per heavy atom. The van der Waals surface area contributed by atoms with Gasteiger partial charge in [0.25, 0.3) is 11.8 Å². The first kappa shape index (κ1) is 28.9. The molecule has 0 bridgehead atoms. The summed E-state index contributed by atoms with van der Waals surface area (Å²) in [6.07, 6.45) is -2.08. The van der Waals surface area contributed by atoms with Crippen LogP contribution in [0.3, 0.4) is 0 Å². The van der Waals surface area contributed by atoms with Crippen LogP contribution in [0.4, 0.5) is 0 Å². The van der Waals surface area contributed by atoms with E-state index in [1.54, 1.807) is 27.7 Å². The van der Waals surface area contributed by atoms with Gasteiger partial charge in [0.2, 0.25) is 0 Å². The number of likely N-dealkylation sites (N-methyl/N-ethyl adjacent to an activating group) is 2. The van der Waals surface area contributed by atoms with E-state index in [9.17, 15) is 19.2 Å². The average Bonchev–Trinajstić information content (AvgIpc) is 2.87. The third kappa shape index (κ3) is 6.79. The number of ether oxygens (including phenoxy) is 2. The summed E-state index contributed by atoms with van der Waals surface area (Å²) < 4.78 is 11.7. The fraction of sp³-hybridized carbons (Fsp3) is 0.467. The van der Waals surface area contributed by atoms with E-state index in [1.807, 2.05) is 60.7 Å². The van der Waals surface area contributed by atoms with Crippen molar-refractivity contribution in [2.75, 3.05) is 14.1 Å². The first-order chi connectivity index (χ1) is 18.0. The molecule has 0 N–H and O–H groups in total. The number of nitrogens with zero attached hydrogens (tertiary/aromatic N) is 2. The quantitative estimate of drug-likeness (QED) is 0.541. The maximum Gasteiger partial charge on any atom is 0.329 e. The second-order valence-electron chi connectivity index (χ2n) is 10.5. The zero-order valence-electron chi connectivity index (χ0n) is 23.0. The Morgan fingerprint density at radius 2 is 0.921 bits per heavy atom. The van der Waals surface area contributed by atoms with E-state index in [0.29, 0.717) is 0 Å². The van der Waals surface area contributed by atoms with Crippen molar-refractivity contribution in [3.8, 4) is 0 Å². The maximum absolute atomic E-state index is 13.7. The number of carbonyl (C=O) groups excluding carboxylic acids is 4. The second kappa shape index (κ2) is 12.7. The van der Waals surface area contributed by atoms with Gasteiger partial charge < -0.3 is 19.3 Å². The topological polar surface area (TPSA) is 93.2 Å². The van der Waals surface area contributed by atoms with Crippen molar-refractivity contribution in [3.63, 3.8) is 0 Å². The molecule has 1 aliphatic heterocycles. The normalized spacial score (nSPS) is 23.7. The van der Waals surface area contributed by atoms with Crippen molar-refractivity contribution in [2.24, 2.45) is 11.8 Å². The van der Waals surface area contributed by atoms with E-state index >= 15 is 0 Å². The number of rotatable bonds is 6. The molecular weight excluding hydrogens is 484 g/mol. The van der Waals surface area contributed by atoms with E-state index in [2.05, 4.69) is 0 Å². The average molecular weight is 523 g/mol. The summed E-state index contributed by atoms with van der Waals surface area (Å²) in [5.41, 5.74) is 1.60. The highest BCUT2D eigenvalue weighted by atomic mass is 16.6. The van der Waals surface area contributed by atoms with Crippen LogP contribution in [0.5, 0.6) is 0 Å². The van der Waals surface area contributed by atoms with E-state index in [1.165, 1.54) is 23.9 Å². The molecule has 3 rings (SSSR count). The molecule has 8 nitrogen and oxygen atoms in total. The third-order valence-corrected chi connectivity index (χ3v) is 6.87. The highest BCUT2D eigenvalue weighted by molar-refractivity contribution is 5.93. The number of hydrogen-bond acceptors (Lipinski definition) is 6. The van der Waals surface area contributed by atoms with E-state index < -0.39 is 48.0 Å². The molecule has 0 radical (unpaired) electrons. The molecule has 0 aromatic heterocycles. The smallest absolute Gasteiger partial charge is 0.329 e. The number of cyclic esters (lactones) is 2. The summed E-state index contributed by atoms with van der Waals surface area (Å²) >= 11 is 0. The van der Waals surface area contributed by atoms with E-state index in [-0.39, 0.29) is 24.7 Å². The summed E-state index contributed by atoms with van der Waals surface area (Å²) in [6.45, 7) is 7.20. The van der Waals surface area contributed by atoms with Crippen LogP contribution in [-0.4, -0.2) is 71.9 Å². The van der Waals surface area contributed by atoms with Gasteiger partial charge in [0.1, 0.15) is 12.1 Å². The zero-order valence-corrected chi connectivity index (χ0v) is 23.0. The minimum atomic E-state index is -1.17.